The van der Waals surface area contributed by atoms with E-state index >= 15 is 0 Å². The Balaban J connectivity index is 1.57. The van der Waals surface area contributed by atoms with E-state index in [1.54, 1.807) is 19.6 Å². The van der Waals surface area contributed by atoms with Crippen LogP contribution in [-0.4, -0.2) is 51.8 Å². The first-order valence-electron chi connectivity index (χ1n) is 10.6. The van der Waals surface area contributed by atoms with Crippen molar-refractivity contribution in [1.29, 1.82) is 0 Å². The van der Waals surface area contributed by atoms with Crippen LogP contribution < -0.4 is 4.74 Å². The van der Waals surface area contributed by atoms with Crippen LogP contribution >= 0.6 is 0 Å². The quantitative estimate of drug-likeness (QED) is 0.594. The molecule has 8 heteroatoms. The van der Waals surface area contributed by atoms with Crippen molar-refractivity contribution < 1.29 is 14.0 Å². The molecule has 1 saturated heterocycles. The Labute approximate surface area is 182 Å². The number of hydrogen-bond acceptors (Lipinski definition) is 8. The fourth-order valence-corrected chi connectivity index (χ4v) is 4.07. The predicted molar refractivity (Wildman–Crippen MR) is 116 cm³/mol. The van der Waals surface area contributed by atoms with Crippen LogP contribution in [0.4, 0.5) is 0 Å². The van der Waals surface area contributed by atoms with E-state index in [1.807, 2.05) is 6.92 Å². The standard InChI is InChI=1S/C23H29N5O3/c1-6-21-26-23(27-31-21)17-10-24-13-25-22(17)20-12-28(7-8-30-20)11-18-14(2)9-19(29-5)16(4)15(18)3/h9-10,13,20H,6-8,11-12H2,1-5H3/t20-/m0/s1. The summed E-state index contributed by atoms with van der Waals surface area (Å²) in [6, 6.07) is 2.12. The van der Waals surface area contributed by atoms with Crippen LogP contribution in [0.1, 0.15) is 46.9 Å². The number of hydrogen-bond donors (Lipinski definition) is 0. The van der Waals surface area contributed by atoms with Crippen molar-refractivity contribution in [2.75, 3.05) is 26.8 Å². The maximum absolute atomic E-state index is 6.11. The van der Waals surface area contributed by atoms with Crippen LogP contribution in [0.3, 0.4) is 0 Å². The number of morpholine rings is 1. The third kappa shape index (κ3) is 4.31. The first-order valence-corrected chi connectivity index (χ1v) is 10.6. The van der Waals surface area contributed by atoms with Crippen LogP contribution in [0.5, 0.6) is 5.75 Å². The fraction of sp³-hybridized carbons (Fsp3) is 0.478. The summed E-state index contributed by atoms with van der Waals surface area (Å²) in [4.78, 5) is 15.6. The van der Waals surface area contributed by atoms with E-state index in [0.717, 1.165) is 36.6 Å². The molecule has 164 valence electrons. The van der Waals surface area contributed by atoms with Gasteiger partial charge in [0.1, 0.15) is 18.2 Å². The molecule has 4 rings (SSSR count). The van der Waals surface area contributed by atoms with Gasteiger partial charge in [0.2, 0.25) is 11.7 Å². The van der Waals surface area contributed by atoms with Crippen molar-refractivity contribution in [3.63, 3.8) is 0 Å². The van der Waals surface area contributed by atoms with Crippen molar-refractivity contribution in [3.8, 4) is 17.1 Å². The van der Waals surface area contributed by atoms with Gasteiger partial charge < -0.3 is 14.0 Å². The molecule has 3 heterocycles. The van der Waals surface area contributed by atoms with Crippen LogP contribution in [0.15, 0.2) is 23.1 Å². The van der Waals surface area contributed by atoms with Gasteiger partial charge in [-0.3, -0.25) is 4.90 Å². The second-order valence-electron chi connectivity index (χ2n) is 7.91. The molecule has 0 bridgehead atoms. The molecule has 0 spiro atoms. The molecule has 31 heavy (non-hydrogen) atoms. The van der Waals surface area contributed by atoms with Crippen molar-refractivity contribution >= 4 is 0 Å². The molecule has 0 unspecified atom stereocenters. The maximum atomic E-state index is 6.11. The first kappa shape index (κ1) is 21.4. The summed E-state index contributed by atoms with van der Waals surface area (Å²) in [6.45, 7) is 11.5. The Morgan fingerprint density at radius 1 is 1.23 bits per heavy atom. The highest BCUT2D eigenvalue weighted by atomic mass is 16.5. The fourth-order valence-electron chi connectivity index (χ4n) is 4.07. The van der Waals surface area contributed by atoms with E-state index in [9.17, 15) is 0 Å². The Hall–Kier alpha value is -2.84. The van der Waals surface area contributed by atoms with Crippen LogP contribution in [0.25, 0.3) is 11.4 Å². The van der Waals surface area contributed by atoms with Gasteiger partial charge in [-0.15, -0.1) is 0 Å². The summed E-state index contributed by atoms with van der Waals surface area (Å²) < 4.78 is 16.9. The zero-order valence-corrected chi connectivity index (χ0v) is 18.8. The monoisotopic (exact) mass is 423 g/mol. The number of aromatic nitrogens is 4. The van der Waals surface area contributed by atoms with Crippen LogP contribution in [0, 0.1) is 20.8 Å². The molecule has 1 aromatic carbocycles. The molecular weight excluding hydrogens is 394 g/mol. The van der Waals surface area contributed by atoms with Gasteiger partial charge in [0, 0.05) is 32.3 Å². The van der Waals surface area contributed by atoms with Crippen LogP contribution in [-0.2, 0) is 17.7 Å². The van der Waals surface area contributed by atoms with E-state index in [1.165, 1.54) is 22.3 Å². The summed E-state index contributed by atoms with van der Waals surface area (Å²) in [7, 11) is 1.72. The Morgan fingerprint density at radius 3 is 2.81 bits per heavy atom. The molecule has 0 radical (unpaired) electrons. The lowest BCUT2D eigenvalue weighted by Gasteiger charge is -2.34. The smallest absolute Gasteiger partial charge is 0.226 e. The largest absolute Gasteiger partial charge is 0.496 e. The Bertz CT molecular complexity index is 1070. The minimum Gasteiger partial charge on any atom is -0.496 e. The first-order chi connectivity index (χ1) is 15.0. The Morgan fingerprint density at radius 2 is 2.06 bits per heavy atom. The van der Waals surface area contributed by atoms with Crippen molar-refractivity contribution in [3.05, 3.63) is 52.4 Å². The highest BCUT2D eigenvalue weighted by molar-refractivity contribution is 5.56. The van der Waals surface area contributed by atoms with Gasteiger partial charge in [0.25, 0.3) is 0 Å². The number of rotatable bonds is 6. The molecule has 0 amide bonds. The molecule has 1 aliphatic rings. The topological polar surface area (TPSA) is 86.4 Å². The van der Waals surface area contributed by atoms with E-state index in [2.05, 4.69) is 51.8 Å². The predicted octanol–water partition coefficient (Wildman–Crippen LogP) is 3.60. The van der Waals surface area contributed by atoms with Gasteiger partial charge in [0.05, 0.1) is 25.0 Å². The van der Waals surface area contributed by atoms with Gasteiger partial charge in [0.15, 0.2) is 0 Å². The SMILES string of the molecule is CCc1nc(-c2cncnc2[C@@H]2CN(Cc3c(C)cc(OC)c(C)c3C)CCO2)no1. The third-order valence-electron chi connectivity index (χ3n) is 6.02. The van der Waals surface area contributed by atoms with Gasteiger partial charge >= 0.3 is 0 Å². The maximum Gasteiger partial charge on any atom is 0.226 e. The normalized spacial score (nSPS) is 17.1. The lowest BCUT2D eigenvalue weighted by atomic mass is 9.96. The van der Waals surface area contributed by atoms with Crippen LogP contribution in [0.2, 0.25) is 0 Å². The van der Waals surface area contributed by atoms with Gasteiger partial charge in [-0.1, -0.05) is 12.1 Å². The molecule has 1 atom stereocenters. The van der Waals surface area contributed by atoms with E-state index in [4.69, 9.17) is 14.0 Å². The van der Waals surface area contributed by atoms with E-state index in [0.29, 0.717) is 24.7 Å². The number of nitrogens with zero attached hydrogens (tertiary/aromatic N) is 5. The molecular formula is C23H29N5O3. The average Bonchev–Trinajstić information content (AvgIpc) is 3.28. The zero-order valence-electron chi connectivity index (χ0n) is 18.8. The van der Waals surface area contributed by atoms with Crippen molar-refractivity contribution in [1.82, 2.24) is 25.0 Å². The lowest BCUT2D eigenvalue weighted by Crippen LogP contribution is -2.38. The molecule has 8 nitrogen and oxygen atoms in total. The van der Waals surface area contributed by atoms with E-state index in [-0.39, 0.29) is 6.10 Å². The van der Waals surface area contributed by atoms with Gasteiger partial charge in [-0.2, -0.15) is 4.98 Å². The molecule has 1 fully saturated rings. The summed E-state index contributed by atoms with van der Waals surface area (Å²) in [5, 5.41) is 4.10. The second-order valence-corrected chi connectivity index (χ2v) is 7.91. The number of benzene rings is 1. The van der Waals surface area contributed by atoms with Gasteiger partial charge in [-0.25, -0.2) is 9.97 Å². The highest BCUT2D eigenvalue weighted by Gasteiger charge is 2.28. The minimum atomic E-state index is -0.185. The number of aryl methyl sites for hydroxylation is 2. The molecule has 3 aromatic rings. The summed E-state index contributed by atoms with van der Waals surface area (Å²) in [6.07, 6.45) is 3.78. The van der Waals surface area contributed by atoms with Crippen molar-refractivity contribution in [2.45, 2.75) is 46.8 Å². The minimum absolute atomic E-state index is 0.185. The Kier molecular flexibility index (Phi) is 6.29. The zero-order chi connectivity index (χ0) is 22.0. The van der Waals surface area contributed by atoms with E-state index < -0.39 is 0 Å². The lowest BCUT2D eigenvalue weighted by molar-refractivity contribution is -0.0348. The summed E-state index contributed by atoms with van der Waals surface area (Å²) in [5.41, 5.74) is 6.60. The van der Waals surface area contributed by atoms with Gasteiger partial charge in [-0.05, 0) is 49.1 Å². The molecule has 1 aliphatic heterocycles. The highest BCUT2D eigenvalue weighted by Crippen LogP contribution is 2.32. The number of ether oxygens (including phenoxy) is 2. The average molecular weight is 424 g/mol. The molecule has 0 saturated carbocycles. The molecule has 2 aromatic heterocycles. The van der Waals surface area contributed by atoms with Crippen molar-refractivity contribution in [2.24, 2.45) is 0 Å². The molecule has 0 N–H and O–H groups in total. The second kappa shape index (κ2) is 9.11. The molecule has 0 aliphatic carbocycles. The summed E-state index contributed by atoms with van der Waals surface area (Å²) >= 11 is 0. The summed E-state index contributed by atoms with van der Waals surface area (Å²) in [5.74, 6) is 2.04. The third-order valence-corrected chi connectivity index (χ3v) is 6.02. The number of methoxy groups -OCH3 is 1.